The van der Waals surface area contributed by atoms with Crippen LogP contribution in [-0.2, 0) is 9.53 Å². The van der Waals surface area contributed by atoms with Crippen molar-refractivity contribution in [1.82, 2.24) is 10.6 Å². The molecule has 6 heteroatoms. The van der Waals surface area contributed by atoms with Crippen molar-refractivity contribution in [1.29, 1.82) is 0 Å². The highest BCUT2D eigenvalue weighted by atomic mass is 32.1. The van der Waals surface area contributed by atoms with Gasteiger partial charge in [-0.15, -0.1) is 11.3 Å². The van der Waals surface area contributed by atoms with Crippen molar-refractivity contribution in [2.24, 2.45) is 0 Å². The first kappa shape index (κ1) is 19.3. The first-order chi connectivity index (χ1) is 13.0. The van der Waals surface area contributed by atoms with Crippen LogP contribution in [0.1, 0.15) is 39.2 Å². The highest BCUT2D eigenvalue weighted by Crippen LogP contribution is 2.15. The normalized spacial score (nSPS) is 17.0. The van der Waals surface area contributed by atoms with E-state index in [0.717, 1.165) is 35.5 Å². The number of benzene rings is 1. The van der Waals surface area contributed by atoms with E-state index in [0.29, 0.717) is 12.1 Å². The molecular weight excluding hydrogens is 360 g/mol. The zero-order valence-electron chi connectivity index (χ0n) is 15.6. The van der Waals surface area contributed by atoms with Gasteiger partial charge < -0.3 is 15.4 Å². The van der Waals surface area contributed by atoms with Crippen LogP contribution < -0.4 is 10.6 Å². The SMILES string of the molecule is Cc1ccc(C(=O)N/C(=C\c2cccs2)C(=O)NC[C@H]2CCCO2)cc1C. The van der Waals surface area contributed by atoms with E-state index in [1.54, 1.807) is 12.1 Å². The summed E-state index contributed by atoms with van der Waals surface area (Å²) in [5, 5.41) is 7.57. The van der Waals surface area contributed by atoms with Crippen molar-refractivity contribution in [3.05, 3.63) is 63.0 Å². The second-order valence-electron chi connectivity index (χ2n) is 6.67. The number of hydrogen-bond acceptors (Lipinski definition) is 4. The van der Waals surface area contributed by atoms with Gasteiger partial charge in [0, 0.05) is 23.6 Å². The van der Waals surface area contributed by atoms with Gasteiger partial charge in [0.2, 0.25) is 0 Å². The Hall–Kier alpha value is -2.44. The topological polar surface area (TPSA) is 67.4 Å². The van der Waals surface area contributed by atoms with Crippen molar-refractivity contribution >= 4 is 29.2 Å². The first-order valence-electron chi connectivity index (χ1n) is 9.06. The van der Waals surface area contributed by atoms with E-state index >= 15 is 0 Å². The predicted octanol–water partition coefficient (Wildman–Crippen LogP) is 3.43. The Morgan fingerprint density at radius 1 is 1.26 bits per heavy atom. The van der Waals surface area contributed by atoms with Gasteiger partial charge in [-0.2, -0.15) is 0 Å². The second-order valence-corrected chi connectivity index (χ2v) is 7.65. The summed E-state index contributed by atoms with van der Waals surface area (Å²) >= 11 is 1.51. The number of aryl methyl sites for hydroxylation is 2. The summed E-state index contributed by atoms with van der Waals surface area (Å²) < 4.78 is 5.54. The van der Waals surface area contributed by atoms with E-state index in [1.807, 2.05) is 43.5 Å². The Morgan fingerprint density at radius 3 is 2.78 bits per heavy atom. The predicted molar refractivity (Wildman–Crippen MR) is 108 cm³/mol. The fraction of sp³-hybridized carbons (Fsp3) is 0.333. The van der Waals surface area contributed by atoms with Crippen LogP contribution in [0.25, 0.3) is 6.08 Å². The molecule has 0 radical (unpaired) electrons. The summed E-state index contributed by atoms with van der Waals surface area (Å²) in [5.74, 6) is -0.607. The molecule has 27 heavy (non-hydrogen) atoms. The summed E-state index contributed by atoms with van der Waals surface area (Å²) in [7, 11) is 0. The van der Waals surface area contributed by atoms with Crippen LogP contribution in [-0.4, -0.2) is 31.1 Å². The van der Waals surface area contributed by atoms with Gasteiger partial charge in [-0.05, 0) is 67.5 Å². The average Bonchev–Trinajstić information content (AvgIpc) is 3.35. The number of rotatable bonds is 6. The highest BCUT2D eigenvalue weighted by Gasteiger charge is 2.19. The molecule has 0 unspecified atom stereocenters. The van der Waals surface area contributed by atoms with Crippen LogP contribution in [0.5, 0.6) is 0 Å². The molecule has 2 N–H and O–H groups in total. The van der Waals surface area contributed by atoms with E-state index in [4.69, 9.17) is 4.74 Å². The zero-order chi connectivity index (χ0) is 19.2. The number of carbonyl (C=O) groups is 2. The molecule has 0 spiro atoms. The van der Waals surface area contributed by atoms with Gasteiger partial charge in [0.05, 0.1) is 6.10 Å². The Bertz CT molecular complexity index is 837. The van der Waals surface area contributed by atoms with Gasteiger partial charge in [-0.3, -0.25) is 9.59 Å². The largest absolute Gasteiger partial charge is 0.376 e. The monoisotopic (exact) mass is 384 g/mol. The second kappa shape index (κ2) is 8.97. The molecule has 142 valence electrons. The third-order valence-electron chi connectivity index (χ3n) is 4.61. The van der Waals surface area contributed by atoms with Gasteiger partial charge in [0.1, 0.15) is 5.70 Å². The molecule has 1 aliphatic rings. The maximum atomic E-state index is 12.7. The van der Waals surface area contributed by atoms with Crippen molar-refractivity contribution < 1.29 is 14.3 Å². The quantitative estimate of drug-likeness (QED) is 0.750. The number of hydrogen-bond donors (Lipinski definition) is 2. The lowest BCUT2D eigenvalue weighted by Crippen LogP contribution is -2.38. The maximum Gasteiger partial charge on any atom is 0.267 e. The summed E-state index contributed by atoms with van der Waals surface area (Å²) in [5.41, 5.74) is 2.92. The fourth-order valence-corrected chi connectivity index (χ4v) is 3.52. The van der Waals surface area contributed by atoms with E-state index in [2.05, 4.69) is 10.6 Å². The Labute approximate surface area is 163 Å². The van der Waals surface area contributed by atoms with Gasteiger partial charge in [-0.25, -0.2) is 0 Å². The number of thiophene rings is 1. The molecule has 1 atom stereocenters. The molecule has 0 bridgehead atoms. The first-order valence-corrected chi connectivity index (χ1v) is 9.94. The molecule has 2 aromatic rings. The van der Waals surface area contributed by atoms with E-state index in [9.17, 15) is 9.59 Å². The number of amides is 2. The molecular formula is C21H24N2O3S. The van der Waals surface area contributed by atoms with Gasteiger partial charge in [0.25, 0.3) is 11.8 Å². The molecule has 2 amide bonds. The molecule has 1 aliphatic heterocycles. The number of carbonyl (C=O) groups excluding carboxylic acids is 2. The van der Waals surface area contributed by atoms with Crippen LogP contribution in [0, 0.1) is 13.8 Å². The lowest BCUT2D eigenvalue weighted by Gasteiger charge is -2.14. The van der Waals surface area contributed by atoms with Crippen molar-refractivity contribution in [2.45, 2.75) is 32.8 Å². The van der Waals surface area contributed by atoms with Crippen molar-refractivity contribution in [3.8, 4) is 0 Å². The van der Waals surface area contributed by atoms with Crippen LogP contribution in [0.2, 0.25) is 0 Å². The van der Waals surface area contributed by atoms with Crippen LogP contribution in [0.15, 0.2) is 41.4 Å². The highest BCUT2D eigenvalue weighted by molar-refractivity contribution is 7.10. The summed E-state index contributed by atoms with van der Waals surface area (Å²) in [6.45, 7) is 5.14. The van der Waals surface area contributed by atoms with Gasteiger partial charge in [-0.1, -0.05) is 12.1 Å². The molecule has 0 saturated carbocycles. The van der Waals surface area contributed by atoms with Gasteiger partial charge in [0.15, 0.2) is 0 Å². The lowest BCUT2D eigenvalue weighted by atomic mass is 10.1. The van der Waals surface area contributed by atoms with Crippen molar-refractivity contribution in [2.75, 3.05) is 13.2 Å². The average molecular weight is 385 g/mol. The molecule has 0 aliphatic carbocycles. The molecule has 1 aromatic carbocycles. The molecule has 1 fully saturated rings. The minimum Gasteiger partial charge on any atom is -0.376 e. The fourth-order valence-electron chi connectivity index (χ4n) is 2.86. The molecule has 5 nitrogen and oxygen atoms in total. The van der Waals surface area contributed by atoms with E-state index < -0.39 is 0 Å². The maximum absolute atomic E-state index is 12.7. The minimum absolute atomic E-state index is 0.0485. The summed E-state index contributed by atoms with van der Waals surface area (Å²) in [4.78, 5) is 26.2. The van der Waals surface area contributed by atoms with Crippen molar-refractivity contribution in [3.63, 3.8) is 0 Å². The molecule has 2 heterocycles. The van der Waals surface area contributed by atoms with Crippen LogP contribution in [0.4, 0.5) is 0 Å². The third kappa shape index (κ3) is 5.28. The Kier molecular flexibility index (Phi) is 6.42. The summed E-state index contributed by atoms with van der Waals surface area (Å²) in [6.07, 6.45) is 3.71. The van der Waals surface area contributed by atoms with E-state index in [1.165, 1.54) is 11.3 Å². The number of nitrogens with one attached hydrogen (secondary N) is 2. The smallest absolute Gasteiger partial charge is 0.267 e. The molecule has 1 saturated heterocycles. The Morgan fingerprint density at radius 2 is 2.11 bits per heavy atom. The molecule has 3 rings (SSSR count). The number of ether oxygens (including phenoxy) is 1. The van der Waals surface area contributed by atoms with E-state index in [-0.39, 0.29) is 23.6 Å². The lowest BCUT2D eigenvalue weighted by molar-refractivity contribution is -0.118. The third-order valence-corrected chi connectivity index (χ3v) is 5.43. The Balaban J connectivity index is 1.73. The minimum atomic E-state index is -0.309. The van der Waals surface area contributed by atoms with Crippen LogP contribution in [0.3, 0.4) is 0 Å². The van der Waals surface area contributed by atoms with Crippen LogP contribution >= 0.6 is 11.3 Å². The summed E-state index contributed by atoms with van der Waals surface area (Å²) in [6, 6.07) is 9.32. The molecule has 1 aromatic heterocycles. The van der Waals surface area contributed by atoms with Gasteiger partial charge >= 0.3 is 0 Å². The zero-order valence-corrected chi connectivity index (χ0v) is 16.4. The standard InChI is InChI=1S/C21H24N2O3S/c1-14-7-8-16(11-15(14)2)20(24)23-19(12-18-6-4-10-27-18)21(25)22-13-17-5-3-9-26-17/h4,6-8,10-12,17H,3,5,9,13H2,1-2H3,(H,22,25)(H,23,24)/b19-12-/t17-/m1/s1.